The van der Waals surface area contributed by atoms with Crippen LogP contribution < -0.4 is 10.6 Å². The Morgan fingerprint density at radius 3 is 2.18 bits per heavy atom. The van der Waals surface area contributed by atoms with E-state index in [0.717, 1.165) is 0 Å². The van der Waals surface area contributed by atoms with E-state index in [1.165, 1.54) is 7.05 Å². The van der Waals surface area contributed by atoms with Gasteiger partial charge in [-0.2, -0.15) is 8.78 Å². The monoisotopic (exact) mass is 252 g/mol. The fourth-order valence-electron chi connectivity index (χ4n) is 0.914. The van der Waals surface area contributed by atoms with Crippen LogP contribution in [0.1, 0.15) is 0 Å². The number of ether oxygens (including phenoxy) is 1. The largest absolute Gasteiger partial charge is 0.477 e. The van der Waals surface area contributed by atoms with Crippen LogP contribution in [0.3, 0.4) is 0 Å². The van der Waals surface area contributed by atoms with E-state index in [1.54, 1.807) is 0 Å². The molecule has 0 heterocycles. The highest BCUT2D eigenvalue weighted by Gasteiger charge is 2.21. The van der Waals surface area contributed by atoms with Gasteiger partial charge < -0.3 is 4.74 Å². The van der Waals surface area contributed by atoms with Crippen LogP contribution >= 0.6 is 0 Å². The Hall–Kier alpha value is -1.83. The lowest BCUT2D eigenvalue weighted by Gasteiger charge is -2.12. The predicted octanol–water partition coefficient (Wildman–Crippen LogP) is 0.954. The number of hydrazine groups is 1. The smallest absolute Gasteiger partial charge is 0.274 e. The molecule has 8 heteroatoms. The Morgan fingerprint density at radius 1 is 1.29 bits per heavy atom. The van der Waals surface area contributed by atoms with E-state index >= 15 is 0 Å². The topological polar surface area (TPSA) is 55.6 Å². The van der Waals surface area contributed by atoms with Gasteiger partial charge in [0.2, 0.25) is 11.6 Å². The number of likely N-dealkylation sites (N-methyl/N-ethyl adjacent to an activating group) is 1. The summed E-state index contributed by atoms with van der Waals surface area (Å²) in [5.41, 5.74) is 0. The molecule has 0 bridgehead atoms. The first-order chi connectivity index (χ1) is 7.84. The van der Waals surface area contributed by atoms with Crippen molar-refractivity contribution in [3.63, 3.8) is 0 Å². The maximum atomic E-state index is 13.0. The van der Waals surface area contributed by atoms with E-state index in [4.69, 9.17) is 5.84 Å². The van der Waals surface area contributed by atoms with Crippen LogP contribution in [0.5, 0.6) is 5.75 Å². The minimum Gasteiger partial charge on any atom is -0.477 e. The van der Waals surface area contributed by atoms with Gasteiger partial charge in [0.25, 0.3) is 5.91 Å². The molecule has 94 valence electrons. The summed E-state index contributed by atoms with van der Waals surface area (Å²) in [4.78, 5) is 11.0. The highest BCUT2D eigenvalue weighted by atomic mass is 19.2. The van der Waals surface area contributed by atoms with Crippen LogP contribution in [-0.2, 0) is 4.79 Å². The Bertz CT molecular complexity index is 425. The molecule has 0 fully saturated rings. The van der Waals surface area contributed by atoms with Crippen LogP contribution in [0, 0.1) is 23.3 Å². The molecule has 0 aliphatic carbocycles. The molecule has 0 saturated carbocycles. The fourth-order valence-corrected chi connectivity index (χ4v) is 0.914. The lowest BCUT2D eigenvalue weighted by Crippen LogP contribution is -2.37. The summed E-state index contributed by atoms with van der Waals surface area (Å²) in [5, 5.41) is 0.603. The van der Waals surface area contributed by atoms with Crippen LogP contribution in [0.4, 0.5) is 17.6 Å². The summed E-state index contributed by atoms with van der Waals surface area (Å²) in [5.74, 6) is -3.77. The molecule has 1 amide bonds. The number of amides is 1. The molecule has 0 radical (unpaired) electrons. The third-order valence-electron chi connectivity index (χ3n) is 1.80. The average molecular weight is 252 g/mol. The zero-order chi connectivity index (χ0) is 13.2. The van der Waals surface area contributed by atoms with E-state index in [9.17, 15) is 22.4 Å². The minimum atomic E-state index is -1.71. The van der Waals surface area contributed by atoms with Gasteiger partial charge in [-0.3, -0.25) is 9.80 Å². The van der Waals surface area contributed by atoms with Crippen molar-refractivity contribution in [2.45, 2.75) is 0 Å². The molecular formula is C9H8F4N2O2. The fraction of sp³-hybridized carbons (Fsp3) is 0.222. The first-order valence-corrected chi connectivity index (χ1v) is 4.31. The minimum absolute atomic E-state index is 0.0361. The van der Waals surface area contributed by atoms with Gasteiger partial charge in [0, 0.05) is 13.1 Å². The van der Waals surface area contributed by atoms with Gasteiger partial charge in [-0.25, -0.2) is 14.6 Å². The molecule has 0 aromatic heterocycles. The molecule has 0 atom stereocenters. The number of halogens is 4. The second-order valence-electron chi connectivity index (χ2n) is 3.09. The standard InChI is InChI=1S/C9H8F4N2O2/c1-15(14)6(16)3-17-9-7(12)4(10)2-5(11)8(9)13/h2H,3,14H2,1H3. The zero-order valence-corrected chi connectivity index (χ0v) is 8.64. The van der Waals surface area contributed by atoms with Crippen LogP contribution in [-0.4, -0.2) is 24.6 Å². The van der Waals surface area contributed by atoms with E-state index in [0.29, 0.717) is 5.01 Å². The molecule has 0 aliphatic heterocycles. The number of carbonyl (C=O) groups excluding carboxylic acids is 1. The number of hydrogen-bond donors (Lipinski definition) is 1. The molecule has 0 unspecified atom stereocenters. The average Bonchev–Trinajstić information content (AvgIpc) is 2.26. The Morgan fingerprint density at radius 2 is 1.76 bits per heavy atom. The molecule has 17 heavy (non-hydrogen) atoms. The third kappa shape index (κ3) is 2.84. The molecular weight excluding hydrogens is 244 g/mol. The summed E-state index contributed by atoms with van der Waals surface area (Å²) >= 11 is 0. The van der Waals surface area contributed by atoms with E-state index in [-0.39, 0.29) is 6.07 Å². The van der Waals surface area contributed by atoms with Gasteiger partial charge in [0.1, 0.15) is 0 Å². The van der Waals surface area contributed by atoms with Crippen molar-refractivity contribution >= 4 is 5.91 Å². The zero-order valence-electron chi connectivity index (χ0n) is 8.64. The maximum Gasteiger partial charge on any atom is 0.274 e. The van der Waals surface area contributed by atoms with E-state index in [2.05, 4.69) is 4.74 Å². The van der Waals surface area contributed by atoms with Gasteiger partial charge in [-0.05, 0) is 0 Å². The summed E-state index contributed by atoms with van der Waals surface area (Å²) in [7, 11) is 1.17. The maximum absolute atomic E-state index is 13.0. The highest BCUT2D eigenvalue weighted by molar-refractivity contribution is 5.76. The van der Waals surface area contributed by atoms with Crippen LogP contribution in [0.25, 0.3) is 0 Å². The number of benzene rings is 1. The first kappa shape index (κ1) is 13.2. The Labute approximate surface area is 93.5 Å². The lowest BCUT2D eigenvalue weighted by atomic mass is 10.3. The highest BCUT2D eigenvalue weighted by Crippen LogP contribution is 2.26. The summed E-state index contributed by atoms with van der Waals surface area (Å²) in [6.45, 7) is -0.844. The second-order valence-corrected chi connectivity index (χ2v) is 3.09. The Balaban J connectivity index is 2.95. The van der Waals surface area contributed by atoms with Crippen molar-refractivity contribution < 1.29 is 27.1 Å². The van der Waals surface area contributed by atoms with Gasteiger partial charge in [0.15, 0.2) is 24.0 Å². The SMILES string of the molecule is CN(N)C(=O)COc1c(F)c(F)cc(F)c1F. The third-order valence-corrected chi connectivity index (χ3v) is 1.80. The van der Waals surface area contributed by atoms with Gasteiger partial charge in [0.05, 0.1) is 0 Å². The first-order valence-electron chi connectivity index (χ1n) is 4.31. The van der Waals surface area contributed by atoms with E-state index < -0.39 is 41.5 Å². The number of nitrogens with zero attached hydrogens (tertiary/aromatic N) is 1. The molecule has 1 aromatic rings. The molecule has 2 N–H and O–H groups in total. The Kier molecular flexibility index (Phi) is 3.89. The van der Waals surface area contributed by atoms with Crippen molar-refractivity contribution in [1.82, 2.24) is 5.01 Å². The van der Waals surface area contributed by atoms with Crippen molar-refractivity contribution in [3.05, 3.63) is 29.3 Å². The lowest BCUT2D eigenvalue weighted by molar-refractivity contribution is -0.132. The number of carbonyl (C=O) groups is 1. The number of nitrogens with two attached hydrogens (primary N) is 1. The molecule has 0 aliphatic rings. The summed E-state index contributed by atoms with van der Waals surface area (Å²) in [6.07, 6.45) is 0. The molecule has 0 saturated heterocycles. The quantitative estimate of drug-likeness (QED) is 0.286. The van der Waals surface area contributed by atoms with Gasteiger partial charge in [-0.15, -0.1) is 0 Å². The predicted molar refractivity (Wildman–Crippen MR) is 48.7 cm³/mol. The van der Waals surface area contributed by atoms with E-state index in [1.807, 2.05) is 0 Å². The number of hydrogen-bond acceptors (Lipinski definition) is 3. The van der Waals surface area contributed by atoms with Crippen molar-refractivity contribution in [1.29, 1.82) is 0 Å². The van der Waals surface area contributed by atoms with Gasteiger partial charge in [-0.1, -0.05) is 0 Å². The molecule has 1 rings (SSSR count). The van der Waals surface area contributed by atoms with Crippen LogP contribution in [0.15, 0.2) is 6.07 Å². The van der Waals surface area contributed by atoms with Gasteiger partial charge >= 0.3 is 0 Å². The summed E-state index contributed by atoms with van der Waals surface area (Å²) in [6, 6.07) is 0.0361. The van der Waals surface area contributed by atoms with Crippen molar-refractivity contribution in [2.24, 2.45) is 5.84 Å². The van der Waals surface area contributed by atoms with Crippen molar-refractivity contribution in [3.8, 4) is 5.75 Å². The molecule has 4 nitrogen and oxygen atoms in total. The molecule has 0 spiro atoms. The normalized spacial score (nSPS) is 10.2. The molecule has 1 aromatic carbocycles. The van der Waals surface area contributed by atoms with Crippen LogP contribution in [0.2, 0.25) is 0 Å². The van der Waals surface area contributed by atoms with Crippen molar-refractivity contribution in [2.75, 3.05) is 13.7 Å². The number of rotatable bonds is 3. The second kappa shape index (κ2) is 5.00. The summed E-state index contributed by atoms with van der Waals surface area (Å²) < 4.78 is 55.9.